The Balaban J connectivity index is 1.82. The first-order valence-electron chi connectivity index (χ1n) is 14.8. The zero-order chi connectivity index (χ0) is 33.1. The van der Waals surface area contributed by atoms with E-state index in [4.69, 9.17) is 9.47 Å². The number of benzene rings is 4. The lowest BCUT2D eigenvalue weighted by atomic mass is 10.0. The van der Waals surface area contributed by atoms with Crippen molar-refractivity contribution in [3.8, 4) is 11.5 Å². The summed E-state index contributed by atoms with van der Waals surface area (Å²) in [6, 6.07) is 26.2. The number of nitrogens with zero attached hydrogens (tertiary/aromatic N) is 2. The zero-order valence-corrected chi connectivity index (χ0v) is 26.9. The van der Waals surface area contributed by atoms with Crippen molar-refractivity contribution in [2.24, 2.45) is 0 Å². The number of para-hydroxylation sites is 2. The Morgan fingerprint density at radius 1 is 0.826 bits per heavy atom. The average molecular weight is 648 g/mol. The molecule has 0 aliphatic rings. The molecule has 4 rings (SSSR count). The predicted molar refractivity (Wildman–Crippen MR) is 175 cm³/mol. The largest absolute Gasteiger partial charge is 0.497 e. The van der Waals surface area contributed by atoms with E-state index in [-0.39, 0.29) is 35.2 Å². The molecule has 1 N–H and O–H groups in total. The summed E-state index contributed by atoms with van der Waals surface area (Å²) in [4.78, 5) is 29.5. The van der Waals surface area contributed by atoms with Gasteiger partial charge in [-0.15, -0.1) is 0 Å². The third-order valence-corrected chi connectivity index (χ3v) is 9.14. The number of rotatable bonds is 15. The van der Waals surface area contributed by atoms with Crippen LogP contribution in [0.25, 0.3) is 0 Å². The molecule has 0 saturated carbocycles. The van der Waals surface area contributed by atoms with Gasteiger partial charge in [0.25, 0.3) is 10.0 Å². The van der Waals surface area contributed by atoms with Gasteiger partial charge >= 0.3 is 0 Å². The van der Waals surface area contributed by atoms with Crippen LogP contribution in [0.3, 0.4) is 0 Å². The molecule has 4 aromatic carbocycles. The van der Waals surface area contributed by atoms with Gasteiger partial charge in [-0.1, -0.05) is 61.5 Å². The molecule has 4 aromatic rings. The highest BCUT2D eigenvalue weighted by molar-refractivity contribution is 7.92. The molecule has 9 nitrogen and oxygen atoms in total. The van der Waals surface area contributed by atoms with Crippen molar-refractivity contribution >= 4 is 27.5 Å². The van der Waals surface area contributed by atoms with E-state index >= 15 is 0 Å². The molecule has 1 atom stereocenters. The van der Waals surface area contributed by atoms with Crippen LogP contribution < -0.4 is 19.1 Å². The van der Waals surface area contributed by atoms with Gasteiger partial charge in [-0.25, -0.2) is 12.8 Å². The Kier molecular flexibility index (Phi) is 11.7. The van der Waals surface area contributed by atoms with Crippen LogP contribution in [0.5, 0.6) is 11.5 Å². The molecule has 2 amide bonds. The highest BCUT2D eigenvalue weighted by atomic mass is 32.2. The molecule has 1 unspecified atom stereocenters. The molecular weight excluding hydrogens is 609 g/mol. The zero-order valence-electron chi connectivity index (χ0n) is 26.1. The fraction of sp³-hybridized carbons (Fsp3) is 0.257. The molecule has 0 fully saturated rings. The first kappa shape index (κ1) is 34.0. The quantitative estimate of drug-likeness (QED) is 0.190. The number of ether oxygens (including phenoxy) is 2. The summed E-state index contributed by atoms with van der Waals surface area (Å²) in [6.07, 6.45) is 0.848. The molecule has 0 aliphatic heterocycles. The van der Waals surface area contributed by atoms with Crippen molar-refractivity contribution in [2.45, 2.75) is 37.2 Å². The number of halogens is 1. The molecule has 0 spiro atoms. The maximum absolute atomic E-state index is 14.5. The van der Waals surface area contributed by atoms with Crippen LogP contribution in [0.1, 0.15) is 24.5 Å². The van der Waals surface area contributed by atoms with Crippen molar-refractivity contribution in [3.63, 3.8) is 0 Å². The Bertz CT molecular complexity index is 1700. The van der Waals surface area contributed by atoms with Crippen molar-refractivity contribution in [1.29, 1.82) is 0 Å². The van der Waals surface area contributed by atoms with Gasteiger partial charge in [0, 0.05) is 19.5 Å². The van der Waals surface area contributed by atoms with Crippen molar-refractivity contribution in [1.82, 2.24) is 10.2 Å². The van der Waals surface area contributed by atoms with E-state index in [9.17, 15) is 22.4 Å². The van der Waals surface area contributed by atoms with Crippen LogP contribution in [0.4, 0.5) is 10.1 Å². The first-order chi connectivity index (χ1) is 22.2. The number of sulfonamides is 1. The molecule has 0 radical (unpaired) electrons. The topological polar surface area (TPSA) is 105 Å². The number of methoxy groups -OCH3 is 2. The SMILES string of the molecule is CCCNC(=O)C(Cc1ccccc1)N(Cc1ccc(F)cc1)C(=O)CN(c1ccccc1OC)S(=O)(=O)c1ccc(OC)cc1. The Morgan fingerprint density at radius 2 is 1.48 bits per heavy atom. The first-order valence-corrected chi connectivity index (χ1v) is 16.3. The summed E-state index contributed by atoms with van der Waals surface area (Å²) in [5.74, 6) is -0.774. The van der Waals surface area contributed by atoms with Crippen LogP contribution in [-0.4, -0.2) is 58.5 Å². The summed E-state index contributed by atoms with van der Waals surface area (Å²) in [7, 11) is -1.45. The number of carbonyl (C=O) groups is 2. The van der Waals surface area contributed by atoms with Gasteiger partial charge in [-0.2, -0.15) is 0 Å². The maximum atomic E-state index is 14.5. The van der Waals surface area contributed by atoms with Crippen LogP contribution in [0.2, 0.25) is 0 Å². The Labute approximate surface area is 269 Å². The highest BCUT2D eigenvalue weighted by Crippen LogP contribution is 2.33. The van der Waals surface area contributed by atoms with Crippen LogP contribution in [0.15, 0.2) is 108 Å². The molecule has 0 bridgehead atoms. The third kappa shape index (κ3) is 8.42. The number of carbonyl (C=O) groups excluding carboxylic acids is 2. The van der Waals surface area contributed by atoms with Gasteiger partial charge < -0.3 is 19.7 Å². The molecule has 242 valence electrons. The minimum absolute atomic E-state index is 0.0707. The molecule has 11 heteroatoms. The highest BCUT2D eigenvalue weighted by Gasteiger charge is 2.35. The number of hydrogen-bond donors (Lipinski definition) is 1. The van der Waals surface area contributed by atoms with Gasteiger partial charge in [-0.05, 0) is 66.1 Å². The molecule has 46 heavy (non-hydrogen) atoms. The Morgan fingerprint density at radius 3 is 2.11 bits per heavy atom. The van der Waals surface area contributed by atoms with Gasteiger partial charge in [0.2, 0.25) is 11.8 Å². The van der Waals surface area contributed by atoms with Crippen LogP contribution in [-0.2, 0) is 32.6 Å². The van der Waals surface area contributed by atoms with Gasteiger partial charge in [0.05, 0.1) is 24.8 Å². The molecule has 0 aliphatic carbocycles. The minimum Gasteiger partial charge on any atom is -0.497 e. The van der Waals surface area contributed by atoms with E-state index in [1.54, 1.807) is 24.3 Å². The fourth-order valence-electron chi connectivity index (χ4n) is 4.93. The molecular formula is C35H38FN3O6S. The van der Waals surface area contributed by atoms with Crippen molar-refractivity contribution in [2.75, 3.05) is 31.6 Å². The number of hydrogen-bond acceptors (Lipinski definition) is 6. The lowest BCUT2D eigenvalue weighted by Gasteiger charge is -2.34. The fourth-order valence-corrected chi connectivity index (χ4v) is 6.36. The van der Waals surface area contributed by atoms with E-state index in [2.05, 4.69) is 5.32 Å². The van der Waals surface area contributed by atoms with E-state index < -0.39 is 34.3 Å². The van der Waals surface area contributed by atoms with Crippen LogP contribution in [0, 0.1) is 5.82 Å². The summed E-state index contributed by atoms with van der Waals surface area (Å²) >= 11 is 0. The van der Waals surface area contributed by atoms with E-state index in [1.807, 2.05) is 37.3 Å². The van der Waals surface area contributed by atoms with E-state index in [1.165, 1.54) is 67.7 Å². The second-order valence-corrected chi connectivity index (χ2v) is 12.4. The average Bonchev–Trinajstić information content (AvgIpc) is 3.08. The Hall–Kier alpha value is -4.90. The summed E-state index contributed by atoms with van der Waals surface area (Å²) in [6.45, 7) is 1.59. The summed E-state index contributed by atoms with van der Waals surface area (Å²) in [5.41, 5.74) is 1.52. The van der Waals surface area contributed by atoms with Gasteiger partial charge in [-0.3, -0.25) is 13.9 Å². The van der Waals surface area contributed by atoms with E-state index in [0.29, 0.717) is 24.3 Å². The van der Waals surface area contributed by atoms with Crippen molar-refractivity contribution < 1.29 is 31.9 Å². The van der Waals surface area contributed by atoms with Gasteiger partial charge in [0.1, 0.15) is 29.9 Å². The normalized spacial score (nSPS) is 11.7. The summed E-state index contributed by atoms with van der Waals surface area (Å²) in [5, 5.41) is 2.90. The second-order valence-electron chi connectivity index (χ2n) is 10.5. The van der Waals surface area contributed by atoms with Gasteiger partial charge in [0.15, 0.2) is 0 Å². The maximum Gasteiger partial charge on any atom is 0.264 e. The van der Waals surface area contributed by atoms with Crippen LogP contribution >= 0.6 is 0 Å². The predicted octanol–water partition coefficient (Wildman–Crippen LogP) is 5.20. The second kappa shape index (κ2) is 15.9. The summed E-state index contributed by atoms with van der Waals surface area (Å²) < 4.78 is 54.0. The lowest BCUT2D eigenvalue weighted by Crippen LogP contribution is -2.53. The number of anilines is 1. The molecule has 0 heterocycles. The smallest absolute Gasteiger partial charge is 0.264 e. The minimum atomic E-state index is -4.34. The lowest BCUT2D eigenvalue weighted by molar-refractivity contribution is -0.140. The molecule has 0 saturated heterocycles. The van der Waals surface area contributed by atoms with E-state index in [0.717, 1.165) is 9.87 Å². The standard InChI is InChI=1S/C35H38FN3O6S/c1-4-22-37-35(41)32(23-26-10-6-5-7-11-26)38(24-27-14-16-28(36)17-15-27)34(40)25-39(31-12-8-9-13-33(31)45-3)46(42,43)30-20-18-29(44-2)19-21-30/h5-21,32H,4,22-25H2,1-3H3,(H,37,41). The molecule has 0 aromatic heterocycles. The number of nitrogens with one attached hydrogen (secondary N) is 1. The van der Waals surface area contributed by atoms with Crippen molar-refractivity contribution in [3.05, 3.63) is 120 Å². The number of amides is 2. The monoisotopic (exact) mass is 647 g/mol. The third-order valence-electron chi connectivity index (χ3n) is 7.37.